The molecule has 0 aromatic heterocycles. The van der Waals surface area contributed by atoms with E-state index in [1.165, 1.54) is 25.3 Å². The van der Waals surface area contributed by atoms with E-state index in [0.29, 0.717) is 28.1 Å². The van der Waals surface area contributed by atoms with Crippen molar-refractivity contribution in [2.45, 2.75) is 6.92 Å². The van der Waals surface area contributed by atoms with Crippen molar-refractivity contribution in [2.24, 2.45) is 0 Å². The molecular formula is C21H19BrN2O6. The lowest BCUT2D eigenvalue weighted by molar-refractivity contribution is -0.139. The molecule has 0 unspecified atom stereocenters. The molecular weight excluding hydrogens is 456 g/mol. The van der Waals surface area contributed by atoms with E-state index in [-0.39, 0.29) is 17.1 Å². The fourth-order valence-electron chi connectivity index (χ4n) is 2.41. The number of ether oxygens (including phenoxy) is 3. The Morgan fingerprint density at radius 3 is 2.63 bits per heavy atom. The maximum atomic E-state index is 12.5. The standard InChI is InChI=1S/C21H19BrN2O6/c1-3-29-16-6-4-5-15(9-16)24-21(27)14(11-23)7-13-8-18(28-2)19(10-17(13)22)30-12-20(25)26/h4-10H,3,12H2,1-2H3,(H,24,27)(H,25,26)/b14-7-. The maximum Gasteiger partial charge on any atom is 0.341 e. The summed E-state index contributed by atoms with van der Waals surface area (Å²) in [6.45, 7) is 1.80. The summed E-state index contributed by atoms with van der Waals surface area (Å²) in [5, 5.41) is 20.9. The molecule has 9 heteroatoms. The normalized spacial score (nSPS) is 10.7. The number of carbonyl (C=O) groups is 2. The number of rotatable bonds is 9. The Bertz CT molecular complexity index is 1010. The van der Waals surface area contributed by atoms with Crippen LogP contribution in [0.3, 0.4) is 0 Å². The van der Waals surface area contributed by atoms with Gasteiger partial charge in [0, 0.05) is 16.2 Å². The van der Waals surface area contributed by atoms with Crippen LogP contribution in [0.2, 0.25) is 0 Å². The Morgan fingerprint density at radius 2 is 2.00 bits per heavy atom. The molecule has 0 spiro atoms. The van der Waals surface area contributed by atoms with E-state index in [9.17, 15) is 14.9 Å². The minimum atomic E-state index is -1.13. The zero-order valence-electron chi connectivity index (χ0n) is 16.3. The number of hydrogen-bond acceptors (Lipinski definition) is 6. The van der Waals surface area contributed by atoms with Crippen LogP contribution in [0.25, 0.3) is 6.08 Å². The number of benzene rings is 2. The Kier molecular flexibility index (Phi) is 8.26. The lowest BCUT2D eigenvalue weighted by Crippen LogP contribution is -2.13. The number of nitriles is 1. The van der Waals surface area contributed by atoms with Crippen LogP contribution in [0, 0.1) is 11.3 Å². The second-order valence-corrected chi connectivity index (χ2v) is 6.65. The van der Waals surface area contributed by atoms with E-state index in [1.807, 2.05) is 13.0 Å². The van der Waals surface area contributed by atoms with Gasteiger partial charge in [-0.15, -0.1) is 0 Å². The molecule has 0 saturated carbocycles. The SMILES string of the molecule is CCOc1cccc(NC(=O)/C(C#N)=C\c2cc(OC)c(OCC(=O)O)cc2Br)c1. The van der Waals surface area contributed by atoms with Gasteiger partial charge in [-0.3, -0.25) is 4.79 Å². The molecule has 30 heavy (non-hydrogen) atoms. The van der Waals surface area contributed by atoms with Gasteiger partial charge in [0.2, 0.25) is 0 Å². The summed E-state index contributed by atoms with van der Waals surface area (Å²) in [6.07, 6.45) is 1.38. The zero-order valence-corrected chi connectivity index (χ0v) is 17.9. The van der Waals surface area contributed by atoms with Crippen molar-refractivity contribution in [3.05, 3.63) is 52.0 Å². The first-order valence-electron chi connectivity index (χ1n) is 8.76. The quantitative estimate of drug-likeness (QED) is 0.418. The van der Waals surface area contributed by atoms with E-state index in [4.69, 9.17) is 19.3 Å². The lowest BCUT2D eigenvalue weighted by Gasteiger charge is -2.12. The Labute approximate surface area is 181 Å². The van der Waals surface area contributed by atoms with Gasteiger partial charge in [0.15, 0.2) is 18.1 Å². The number of anilines is 1. The zero-order chi connectivity index (χ0) is 22.1. The molecule has 0 radical (unpaired) electrons. The minimum Gasteiger partial charge on any atom is -0.494 e. The average Bonchev–Trinajstić information content (AvgIpc) is 2.71. The molecule has 156 valence electrons. The number of nitrogens with zero attached hydrogens (tertiary/aromatic N) is 1. The third-order valence-electron chi connectivity index (χ3n) is 3.70. The Balaban J connectivity index is 2.28. The van der Waals surface area contributed by atoms with Crippen LogP contribution in [0.1, 0.15) is 12.5 Å². The summed E-state index contributed by atoms with van der Waals surface area (Å²) < 4.78 is 16.3. The average molecular weight is 475 g/mol. The minimum absolute atomic E-state index is 0.140. The molecule has 0 aliphatic rings. The molecule has 8 nitrogen and oxygen atoms in total. The van der Waals surface area contributed by atoms with Crippen molar-refractivity contribution in [3.8, 4) is 23.3 Å². The van der Waals surface area contributed by atoms with Crippen LogP contribution in [0.5, 0.6) is 17.2 Å². The van der Waals surface area contributed by atoms with Gasteiger partial charge < -0.3 is 24.6 Å². The van der Waals surface area contributed by atoms with Crippen molar-refractivity contribution >= 4 is 39.6 Å². The number of halogens is 1. The van der Waals surface area contributed by atoms with Crippen LogP contribution in [0.4, 0.5) is 5.69 Å². The van der Waals surface area contributed by atoms with Crippen LogP contribution in [-0.2, 0) is 9.59 Å². The first-order chi connectivity index (χ1) is 14.4. The molecule has 0 aliphatic carbocycles. The van der Waals surface area contributed by atoms with Gasteiger partial charge in [-0.1, -0.05) is 22.0 Å². The Hall–Kier alpha value is -3.51. The smallest absolute Gasteiger partial charge is 0.341 e. The number of carboxylic acid groups (broad SMARTS) is 1. The molecule has 0 saturated heterocycles. The fraction of sp³-hybridized carbons (Fsp3) is 0.190. The number of aliphatic carboxylic acids is 1. The summed E-state index contributed by atoms with van der Waals surface area (Å²) in [7, 11) is 1.40. The van der Waals surface area contributed by atoms with Gasteiger partial charge in [0.25, 0.3) is 5.91 Å². The van der Waals surface area contributed by atoms with Crippen LogP contribution in [-0.4, -0.2) is 37.3 Å². The number of carboxylic acids is 1. The van der Waals surface area contributed by atoms with Crippen LogP contribution in [0.15, 0.2) is 46.4 Å². The predicted molar refractivity (Wildman–Crippen MR) is 114 cm³/mol. The van der Waals surface area contributed by atoms with Crippen molar-refractivity contribution in [1.82, 2.24) is 0 Å². The van der Waals surface area contributed by atoms with Crippen molar-refractivity contribution in [3.63, 3.8) is 0 Å². The van der Waals surface area contributed by atoms with Crippen molar-refractivity contribution < 1.29 is 28.9 Å². The number of nitrogens with one attached hydrogen (secondary N) is 1. The van der Waals surface area contributed by atoms with Crippen LogP contribution < -0.4 is 19.5 Å². The third-order valence-corrected chi connectivity index (χ3v) is 4.39. The molecule has 0 heterocycles. The van der Waals surface area contributed by atoms with E-state index in [1.54, 1.807) is 24.3 Å². The van der Waals surface area contributed by atoms with E-state index >= 15 is 0 Å². The van der Waals surface area contributed by atoms with Crippen LogP contribution >= 0.6 is 15.9 Å². The number of hydrogen-bond donors (Lipinski definition) is 2. The van der Waals surface area contributed by atoms with Crippen molar-refractivity contribution in [1.29, 1.82) is 5.26 Å². The highest BCUT2D eigenvalue weighted by molar-refractivity contribution is 9.10. The molecule has 2 rings (SSSR count). The summed E-state index contributed by atoms with van der Waals surface area (Å²) >= 11 is 3.33. The monoisotopic (exact) mass is 474 g/mol. The second kappa shape index (κ2) is 10.9. The first-order valence-corrected chi connectivity index (χ1v) is 9.55. The summed E-state index contributed by atoms with van der Waals surface area (Å²) in [4.78, 5) is 23.3. The molecule has 2 N–H and O–H groups in total. The number of carbonyl (C=O) groups excluding carboxylic acids is 1. The highest BCUT2D eigenvalue weighted by atomic mass is 79.9. The second-order valence-electron chi connectivity index (χ2n) is 5.79. The summed E-state index contributed by atoms with van der Waals surface area (Å²) in [5.74, 6) is -0.660. The van der Waals surface area contributed by atoms with Gasteiger partial charge in [0.1, 0.15) is 17.4 Å². The highest BCUT2D eigenvalue weighted by Gasteiger charge is 2.14. The van der Waals surface area contributed by atoms with E-state index in [2.05, 4.69) is 21.2 Å². The molecule has 0 aliphatic heterocycles. The van der Waals surface area contributed by atoms with E-state index < -0.39 is 18.5 Å². The van der Waals surface area contributed by atoms with Gasteiger partial charge >= 0.3 is 5.97 Å². The molecule has 2 aromatic carbocycles. The highest BCUT2D eigenvalue weighted by Crippen LogP contribution is 2.34. The van der Waals surface area contributed by atoms with E-state index in [0.717, 1.165) is 0 Å². The van der Waals surface area contributed by atoms with Gasteiger partial charge in [-0.2, -0.15) is 5.26 Å². The third kappa shape index (κ3) is 6.25. The largest absolute Gasteiger partial charge is 0.494 e. The first kappa shape index (κ1) is 22.8. The fourth-order valence-corrected chi connectivity index (χ4v) is 2.84. The molecule has 0 atom stereocenters. The molecule has 1 amide bonds. The molecule has 0 fully saturated rings. The molecule has 2 aromatic rings. The predicted octanol–water partition coefficient (Wildman–Crippen LogP) is 3.87. The summed E-state index contributed by atoms with van der Waals surface area (Å²) in [6, 6.07) is 11.7. The lowest BCUT2D eigenvalue weighted by atomic mass is 10.1. The number of methoxy groups -OCH3 is 1. The van der Waals surface area contributed by atoms with Crippen molar-refractivity contribution in [2.75, 3.05) is 25.6 Å². The Morgan fingerprint density at radius 1 is 1.23 bits per heavy atom. The number of amides is 1. The van der Waals surface area contributed by atoms with Gasteiger partial charge in [-0.25, -0.2) is 4.79 Å². The topological polar surface area (TPSA) is 118 Å². The van der Waals surface area contributed by atoms with Gasteiger partial charge in [-0.05, 0) is 42.8 Å². The maximum absolute atomic E-state index is 12.5. The van der Waals surface area contributed by atoms with Gasteiger partial charge in [0.05, 0.1) is 13.7 Å². The molecule has 0 bridgehead atoms. The summed E-state index contributed by atoms with van der Waals surface area (Å²) in [5.41, 5.74) is 0.823.